The summed E-state index contributed by atoms with van der Waals surface area (Å²) in [5, 5.41) is 6.62. The summed E-state index contributed by atoms with van der Waals surface area (Å²) >= 11 is 1.44. The monoisotopic (exact) mass is 409 g/mol. The topological polar surface area (TPSA) is 92.2 Å². The zero-order chi connectivity index (χ0) is 20.4. The van der Waals surface area contributed by atoms with Crippen molar-refractivity contribution in [3.05, 3.63) is 63.7 Å². The van der Waals surface area contributed by atoms with Crippen molar-refractivity contribution >= 4 is 45.1 Å². The maximum atomic E-state index is 12.2. The van der Waals surface area contributed by atoms with Gasteiger partial charge in [0, 0.05) is 59.6 Å². The van der Waals surface area contributed by atoms with Gasteiger partial charge in [-0.3, -0.25) is 9.20 Å². The summed E-state index contributed by atoms with van der Waals surface area (Å²) in [6.07, 6.45) is 4.90. The highest BCUT2D eigenvalue weighted by molar-refractivity contribution is 7.15. The molecule has 0 aliphatic carbocycles. The van der Waals surface area contributed by atoms with E-state index in [1.165, 1.54) is 23.6 Å². The Kier molecular flexibility index (Phi) is 5.13. The van der Waals surface area contributed by atoms with Gasteiger partial charge in [-0.05, 0) is 26.0 Å². The van der Waals surface area contributed by atoms with Gasteiger partial charge in [0.2, 0.25) is 0 Å². The standard InChI is InChI=1S/C20H19N5O3S/c1-3-24(4-2)14-5-6-15-13(9-18(26)28-17(15)10-14)11-21-23-19(27)16-12-25-7-8-29-20(25)22-16/h5-12H,3-4H2,1-2H3,(H,23,27)/b21-11+. The van der Waals surface area contributed by atoms with Crippen LogP contribution in [-0.2, 0) is 0 Å². The van der Waals surface area contributed by atoms with Crippen LogP contribution in [0.4, 0.5) is 5.69 Å². The van der Waals surface area contributed by atoms with Gasteiger partial charge in [-0.2, -0.15) is 5.10 Å². The lowest BCUT2D eigenvalue weighted by molar-refractivity contribution is 0.0951. The van der Waals surface area contributed by atoms with Gasteiger partial charge < -0.3 is 9.32 Å². The molecule has 0 unspecified atom stereocenters. The second kappa shape index (κ2) is 7.88. The molecule has 0 radical (unpaired) electrons. The van der Waals surface area contributed by atoms with Crippen LogP contribution in [0.15, 0.2) is 56.4 Å². The van der Waals surface area contributed by atoms with Crippen LogP contribution in [0.3, 0.4) is 0 Å². The lowest BCUT2D eigenvalue weighted by Crippen LogP contribution is -2.21. The van der Waals surface area contributed by atoms with Crippen LogP contribution in [0.25, 0.3) is 15.9 Å². The second-order valence-corrected chi connectivity index (χ2v) is 7.16. The van der Waals surface area contributed by atoms with Crippen LogP contribution in [0.5, 0.6) is 0 Å². The molecule has 9 heteroatoms. The van der Waals surface area contributed by atoms with E-state index < -0.39 is 11.5 Å². The van der Waals surface area contributed by atoms with Crippen molar-refractivity contribution in [2.75, 3.05) is 18.0 Å². The molecular weight excluding hydrogens is 390 g/mol. The molecule has 3 heterocycles. The number of amides is 1. The van der Waals surface area contributed by atoms with E-state index in [1.54, 1.807) is 10.6 Å². The molecule has 1 aromatic carbocycles. The summed E-state index contributed by atoms with van der Waals surface area (Å²) in [7, 11) is 0. The average Bonchev–Trinajstić information content (AvgIpc) is 3.30. The maximum absolute atomic E-state index is 12.2. The number of carbonyl (C=O) groups is 1. The van der Waals surface area contributed by atoms with E-state index in [2.05, 4.69) is 34.3 Å². The summed E-state index contributed by atoms with van der Waals surface area (Å²) in [5.41, 5.74) is 4.27. The number of benzene rings is 1. The highest BCUT2D eigenvalue weighted by atomic mass is 32.1. The second-order valence-electron chi connectivity index (χ2n) is 6.29. The molecular formula is C20H19N5O3S. The van der Waals surface area contributed by atoms with Gasteiger partial charge in [0.25, 0.3) is 5.91 Å². The van der Waals surface area contributed by atoms with Crippen molar-refractivity contribution in [2.45, 2.75) is 13.8 Å². The number of fused-ring (bicyclic) bond motifs is 2. The first-order valence-electron chi connectivity index (χ1n) is 9.17. The maximum Gasteiger partial charge on any atom is 0.336 e. The number of hydrazone groups is 1. The van der Waals surface area contributed by atoms with Crippen LogP contribution in [0, 0.1) is 0 Å². The third-order valence-electron chi connectivity index (χ3n) is 4.58. The molecule has 0 bridgehead atoms. The molecule has 0 spiro atoms. The van der Waals surface area contributed by atoms with Crippen LogP contribution in [0.1, 0.15) is 29.9 Å². The molecule has 0 aliphatic heterocycles. The quantitative estimate of drug-likeness (QED) is 0.300. The Morgan fingerprint density at radius 2 is 2.17 bits per heavy atom. The normalized spacial score (nSPS) is 11.5. The van der Waals surface area contributed by atoms with E-state index in [0.717, 1.165) is 29.1 Å². The van der Waals surface area contributed by atoms with E-state index in [0.29, 0.717) is 11.1 Å². The predicted molar refractivity (Wildman–Crippen MR) is 114 cm³/mol. The summed E-state index contributed by atoms with van der Waals surface area (Å²) in [6.45, 7) is 5.84. The SMILES string of the molecule is CCN(CC)c1ccc2c(/C=N/NC(=O)c3cn4ccsc4n3)cc(=O)oc2c1. The Morgan fingerprint density at radius 3 is 2.93 bits per heavy atom. The number of nitrogens with zero attached hydrogens (tertiary/aromatic N) is 4. The number of hydrogen-bond donors (Lipinski definition) is 1. The first-order chi connectivity index (χ1) is 14.1. The van der Waals surface area contributed by atoms with E-state index >= 15 is 0 Å². The largest absolute Gasteiger partial charge is 0.423 e. The number of carbonyl (C=O) groups excluding carboxylic acids is 1. The first-order valence-corrected chi connectivity index (χ1v) is 10.1. The summed E-state index contributed by atoms with van der Waals surface area (Å²) in [6, 6.07) is 7.06. The Labute approximate surface area is 170 Å². The van der Waals surface area contributed by atoms with E-state index in [9.17, 15) is 9.59 Å². The molecule has 1 N–H and O–H groups in total. The number of anilines is 1. The minimum Gasteiger partial charge on any atom is -0.423 e. The van der Waals surface area contributed by atoms with Gasteiger partial charge in [-0.1, -0.05) is 0 Å². The van der Waals surface area contributed by atoms with Crippen molar-refractivity contribution < 1.29 is 9.21 Å². The van der Waals surface area contributed by atoms with Crippen molar-refractivity contribution in [1.29, 1.82) is 0 Å². The molecule has 148 valence electrons. The Balaban J connectivity index is 1.58. The molecule has 1 amide bonds. The number of rotatable bonds is 6. The van der Waals surface area contributed by atoms with E-state index in [1.807, 2.05) is 29.8 Å². The fraction of sp³-hybridized carbons (Fsp3) is 0.200. The molecule has 8 nitrogen and oxygen atoms in total. The molecule has 0 atom stereocenters. The van der Waals surface area contributed by atoms with E-state index in [-0.39, 0.29) is 5.69 Å². The van der Waals surface area contributed by atoms with Crippen molar-refractivity contribution in [1.82, 2.24) is 14.8 Å². The number of aromatic nitrogens is 2. The lowest BCUT2D eigenvalue weighted by Gasteiger charge is -2.21. The third kappa shape index (κ3) is 3.77. The van der Waals surface area contributed by atoms with Gasteiger partial charge in [0.15, 0.2) is 4.96 Å². The summed E-state index contributed by atoms with van der Waals surface area (Å²) in [4.78, 5) is 31.3. The first kappa shape index (κ1) is 18.9. The van der Waals surface area contributed by atoms with Crippen LogP contribution in [0.2, 0.25) is 0 Å². The number of thiazole rings is 1. The van der Waals surface area contributed by atoms with Crippen molar-refractivity contribution in [3.63, 3.8) is 0 Å². The smallest absolute Gasteiger partial charge is 0.336 e. The lowest BCUT2D eigenvalue weighted by atomic mass is 10.1. The van der Waals surface area contributed by atoms with Crippen molar-refractivity contribution in [2.24, 2.45) is 5.10 Å². The van der Waals surface area contributed by atoms with E-state index in [4.69, 9.17) is 4.42 Å². The highest BCUT2D eigenvalue weighted by Gasteiger charge is 2.11. The van der Waals surface area contributed by atoms with Crippen molar-refractivity contribution in [3.8, 4) is 0 Å². The fourth-order valence-electron chi connectivity index (χ4n) is 3.12. The molecule has 0 saturated heterocycles. The molecule has 0 aliphatic rings. The molecule has 4 aromatic rings. The third-order valence-corrected chi connectivity index (χ3v) is 5.36. The minimum absolute atomic E-state index is 0.273. The van der Waals surface area contributed by atoms with Gasteiger partial charge in [0.05, 0.1) is 6.21 Å². The Morgan fingerprint density at radius 1 is 1.34 bits per heavy atom. The van der Waals surface area contributed by atoms with Gasteiger partial charge in [-0.25, -0.2) is 15.2 Å². The summed E-state index contributed by atoms with van der Waals surface area (Å²) < 4.78 is 7.13. The van der Waals surface area contributed by atoms with Gasteiger partial charge >= 0.3 is 5.63 Å². The van der Waals surface area contributed by atoms with Gasteiger partial charge in [-0.15, -0.1) is 11.3 Å². The Bertz CT molecular complexity index is 1240. The average molecular weight is 409 g/mol. The predicted octanol–water partition coefficient (Wildman–Crippen LogP) is 3.11. The molecule has 0 saturated carbocycles. The fourth-order valence-corrected chi connectivity index (χ4v) is 3.82. The number of nitrogens with one attached hydrogen (secondary N) is 1. The molecule has 3 aromatic heterocycles. The van der Waals surface area contributed by atoms with Gasteiger partial charge in [0.1, 0.15) is 11.3 Å². The zero-order valence-electron chi connectivity index (χ0n) is 16.0. The molecule has 29 heavy (non-hydrogen) atoms. The molecule has 0 fully saturated rings. The highest BCUT2D eigenvalue weighted by Crippen LogP contribution is 2.23. The minimum atomic E-state index is -0.476. The summed E-state index contributed by atoms with van der Waals surface area (Å²) in [5.74, 6) is -0.423. The van der Waals surface area contributed by atoms with Crippen LogP contribution >= 0.6 is 11.3 Å². The molecule has 4 rings (SSSR count). The number of imidazole rings is 1. The van der Waals surface area contributed by atoms with Crippen LogP contribution in [-0.4, -0.2) is 34.6 Å². The number of hydrogen-bond acceptors (Lipinski definition) is 7. The van der Waals surface area contributed by atoms with Crippen LogP contribution < -0.4 is 16.0 Å². The zero-order valence-corrected chi connectivity index (χ0v) is 16.8. The Hall–Kier alpha value is -3.46.